The van der Waals surface area contributed by atoms with Gasteiger partial charge in [-0.2, -0.15) is 0 Å². The van der Waals surface area contributed by atoms with Crippen molar-refractivity contribution in [2.45, 2.75) is 52.0 Å². The van der Waals surface area contributed by atoms with Gasteiger partial charge in [0, 0.05) is 19.5 Å². The number of nitrogens with zero attached hydrogens (tertiary/aromatic N) is 2. The average molecular weight is 284 g/mol. The fourth-order valence-electron chi connectivity index (χ4n) is 2.83. The number of carbonyl (C=O) groups excluding carboxylic acids is 2. The van der Waals surface area contributed by atoms with Crippen molar-refractivity contribution in [1.82, 2.24) is 9.80 Å². The van der Waals surface area contributed by atoms with Gasteiger partial charge in [-0.05, 0) is 46.2 Å². The summed E-state index contributed by atoms with van der Waals surface area (Å²) in [6.45, 7) is 7.26. The molecule has 1 unspecified atom stereocenters. The van der Waals surface area contributed by atoms with E-state index in [0.29, 0.717) is 6.42 Å². The number of piperidine rings is 1. The molecule has 1 aliphatic heterocycles. The topological polar surface area (TPSA) is 49.9 Å². The lowest BCUT2D eigenvalue weighted by atomic mass is 10.0. The zero-order valence-electron chi connectivity index (χ0n) is 13.1. The molecule has 0 aromatic rings. The van der Waals surface area contributed by atoms with Crippen LogP contribution in [0.4, 0.5) is 0 Å². The lowest BCUT2D eigenvalue weighted by Gasteiger charge is -2.33. The standard InChI is InChI=1S/C15H28N2O3/c1-4-16(5-2)14(18)10-8-12-17-11-7-6-9-13(17)15(19)20-3/h13H,4-12H2,1-3H3. The summed E-state index contributed by atoms with van der Waals surface area (Å²) in [5.74, 6) is 0.0707. The summed E-state index contributed by atoms with van der Waals surface area (Å²) in [5, 5.41) is 0. The van der Waals surface area contributed by atoms with E-state index >= 15 is 0 Å². The van der Waals surface area contributed by atoms with Gasteiger partial charge >= 0.3 is 5.97 Å². The molecular formula is C15H28N2O3. The van der Waals surface area contributed by atoms with E-state index in [1.54, 1.807) is 0 Å². The van der Waals surface area contributed by atoms with E-state index < -0.39 is 0 Å². The van der Waals surface area contributed by atoms with Gasteiger partial charge in [0.25, 0.3) is 0 Å². The highest BCUT2D eigenvalue weighted by Crippen LogP contribution is 2.18. The third kappa shape index (κ3) is 4.78. The van der Waals surface area contributed by atoms with Crippen molar-refractivity contribution < 1.29 is 14.3 Å². The summed E-state index contributed by atoms with van der Waals surface area (Å²) in [5.41, 5.74) is 0. The highest BCUT2D eigenvalue weighted by molar-refractivity contribution is 5.76. The van der Waals surface area contributed by atoms with Crippen LogP contribution in [0.1, 0.15) is 46.0 Å². The molecule has 0 saturated carbocycles. The number of hydrogen-bond donors (Lipinski definition) is 0. The number of carbonyl (C=O) groups is 2. The summed E-state index contributed by atoms with van der Waals surface area (Å²) in [6.07, 6.45) is 4.44. The monoisotopic (exact) mass is 284 g/mol. The first-order valence-corrected chi connectivity index (χ1v) is 7.73. The Morgan fingerprint density at radius 3 is 2.55 bits per heavy atom. The van der Waals surface area contributed by atoms with Crippen LogP contribution < -0.4 is 0 Å². The second-order valence-electron chi connectivity index (χ2n) is 5.24. The molecule has 0 aliphatic carbocycles. The minimum Gasteiger partial charge on any atom is -0.468 e. The Hall–Kier alpha value is -1.10. The van der Waals surface area contributed by atoms with Crippen LogP contribution in [0.15, 0.2) is 0 Å². The Balaban J connectivity index is 2.38. The van der Waals surface area contributed by atoms with Crippen LogP contribution in [0.5, 0.6) is 0 Å². The number of hydrogen-bond acceptors (Lipinski definition) is 4. The van der Waals surface area contributed by atoms with Crippen molar-refractivity contribution >= 4 is 11.9 Å². The SMILES string of the molecule is CCN(CC)C(=O)CCCN1CCCCC1C(=O)OC. The van der Waals surface area contributed by atoms with Crippen LogP contribution in [0.2, 0.25) is 0 Å². The summed E-state index contributed by atoms with van der Waals surface area (Å²) in [4.78, 5) is 27.7. The van der Waals surface area contributed by atoms with Gasteiger partial charge < -0.3 is 9.64 Å². The summed E-state index contributed by atoms with van der Waals surface area (Å²) >= 11 is 0. The number of ether oxygens (including phenoxy) is 1. The van der Waals surface area contributed by atoms with Crippen molar-refractivity contribution in [3.63, 3.8) is 0 Å². The summed E-state index contributed by atoms with van der Waals surface area (Å²) in [7, 11) is 1.44. The Bertz CT molecular complexity index is 316. The third-order valence-corrected chi connectivity index (χ3v) is 4.04. The van der Waals surface area contributed by atoms with Gasteiger partial charge in [-0.15, -0.1) is 0 Å². The van der Waals surface area contributed by atoms with Gasteiger partial charge in [0.2, 0.25) is 5.91 Å². The maximum absolute atomic E-state index is 11.9. The van der Waals surface area contributed by atoms with Crippen molar-refractivity contribution in [2.75, 3.05) is 33.3 Å². The molecule has 1 aliphatic rings. The van der Waals surface area contributed by atoms with Crippen molar-refractivity contribution in [2.24, 2.45) is 0 Å². The Morgan fingerprint density at radius 2 is 1.95 bits per heavy atom. The van der Waals surface area contributed by atoms with E-state index in [2.05, 4.69) is 4.90 Å². The van der Waals surface area contributed by atoms with Crippen LogP contribution >= 0.6 is 0 Å². The smallest absolute Gasteiger partial charge is 0.323 e. The van der Waals surface area contributed by atoms with Crippen molar-refractivity contribution in [3.05, 3.63) is 0 Å². The van der Waals surface area contributed by atoms with Crippen LogP contribution in [0.25, 0.3) is 0 Å². The molecule has 1 fully saturated rings. The molecule has 1 rings (SSSR count). The number of likely N-dealkylation sites (tertiary alicyclic amines) is 1. The number of rotatable bonds is 7. The van der Waals surface area contributed by atoms with Gasteiger partial charge in [-0.1, -0.05) is 6.42 Å². The predicted octanol–water partition coefficient (Wildman–Crippen LogP) is 1.66. The average Bonchev–Trinajstić information content (AvgIpc) is 2.48. The number of amides is 1. The Kier molecular flexibility index (Phi) is 7.59. The van der Waals surface area contributed by atoms with E-state index in [-0.39, 0.29) is 17.9 Å². The van der Waals surface area contributed by atoms with E-state index in [1.807, 2.05) is 18.7 Å². The van der Waals surface area contributed by atoms with Crippen molar-refractivity contribution in [3.8, 4) is 0 Å². The molecular weight excluding hydrogens is 256 g/mol. The summed E-state index contributed by atoms with van der Waals surface area (Å²) in [6, 6.07) is -0.114. The minimum atomic E-state index is -0.139. The molecule has 116 valence electrons. The Labute approximate surface area is 122 Å². The molecule has 0 bridgehead atoms. The van der Waals surface area contributed by atoms with Crippen LogP contribution in [-0.4, -0.2) is 61.0 Å². The van der Waals surface area contributed by atoms with Gasteiger partial charge in [-0.3, -0.25) is 14.5 Å². The largest absolute Gasteiger partial charge is 0.468 e. The number of esters is 1. The molecule has 5 heteroatoms. The fourth-order valence-corrected chi connectivity index (χ4v) is 2.83. The normalized spacial score (nSPS) is 19.6. The highest BCUT2D eigenvalue weighted by Gasteiger charge is 2.29. The van der Waals surface area contributed by atoms with Crippen LogP contribution in [0.3, 0.4) is 0 Å². The van der Waals surface area contributed by atoms with E-state index in [9.17, 15) is 9.59 Å². The van der Waals surface area contributed by atoms with Gasteiger partial charge in [-0.25, -0.2) is 0 Å². The quantitative estimate of drug-likeness (QED) is 0.667. The lowest BCUT2D eigenvalue weighted by molar-refractivity contribution is -0.148. The zero-order valence-corrected chi connectivity index (χ0v) is 13.1. The molecule has 0 radical (unpaired) electrons. The van der Waals surface area contributed by atoms with Crippen LogP contribution in [-0.2, 0) is 14.3 Å². The number of methoxy groups -OCH3 is 1. The fraction of sp³-hybridized carbons (Fsp3) is 0.867. The lowest BCUT2D eigenvalue weighted by Crippen LogP contribution is -2.45. The molecule has 1 atom stereocenters. The second kappa shape index (κ2) is 8.95. The molecule has 20 heavy (non-hydrogen) atoms. The second-order valence-corrected chi connectivity index (χ2v) is 5.24. The molecule has 0 spiro atoms. The molecule has 1 heterocycles. The van der Waals surface area contributed by atoms with E-state index in [4.69, 9.17) is 4.74 Å². The first-order chi connectivity index (χ1) is 9.63. The third-order valence-electron chi connectivity index (χ3n) is 4.04. The molecule has 0 aromatic heterocycles. The highest BCUT2D eigenvalue weighted by atomic mass is 16.5. The van der Waals surface area contributed by atoms with Crippen LogP contribution in [0, 0.1) is 0 Å². The molecule has 1 saturated heterocycles. The van der Waals surface area contributed by atoms with Gasteiger partial charge in [0.05, 0.1) is 7.11 Å². The summed E-state index contributed by atoms with van der Waals surface area (Å²) < 4.78 is 4.86. The van der Waals surface area contributed by atoms with E-state index in [1.165, 1.54) is 7.11 Å². The molecule has 0 N–H and O–H groups in total. The first kappa shape index (κ1) is 17.0. The minimum absolute atomic E-state index is 0.114. The Morgan fingerprint density at radius 1 is 1.25 bits per heavy atom. The van der Waals surface area contributed by atoms with Crippen molar-refractivity contribution in [1.29, 1.82) is 0 Å². The molecule has 0 aromatic carbocycles. The first-order valence-electron chi connectivity index (χ1n) is 7.73. The predicted molar refractivity (Wildman–Crippen MR) is 78.4 cm³/mol. The molecule has 1 amide bonds. The maximum atomic E-state index is 11.9. The molecule has 5 nitrogen and oxygen atoms in total. The maximum Gasteiger partial charge on any atom is 0.323 e. The van der Waals surface area contributed by atoms with Gasteiger partial charge in [0.15, 0.2) is 0 Å². The van der Waals surface area contributed by atoms with E-state index in [0.717, 1.165) is 51.9 Å². The zero-order chi connectivity index (χ0) is 15.0. The van der Waals surface area contributed by atoms with Gasteiger partial charge in [0.1, 0.15) is 6.04 Å².